The average molecular weight is 1000 g/mol. The lowest BCUT2D eigenvalue weighted by molar-refractivity contribution is 1.02. The summed E-state index contributed by atoms with van der Waals surface area (Å²) in [7, 11) is 0. The van der Waals surface area contributed by atoms with Crippen molar-refractivity contribution >= 4 is 156 Å². The van der Waals surface area contributed by atoms with Crippen molar-refractivity contribution in [2.45, 2.75) is 0 Å². The van der Waals surface area contributed by atoms with Gasteiger partial charge in [0.25, 0.3) is 0 Å². The van der Waals surface area contributed by atoms with Crippen LogP contribution in [-0.2, 0) is 0 Å². The fourth-order valence-electron chi connectivity index (χ4n) is 13.1. The molecule has 0 bridgehead atoms. The van der Waals surface area contributed by atoms with Crippen molar-refractivity contribution in [3.63, 3.8) is 0 Å². The summed E-state index contributed by atoms with van der Waals surface area (Å²) in [6.45, 7) is 9.77. The van der Waals surface area contributed by atoms with Crippen LogP contribution in [0, 0.1) is 17.9 Å². The van der Waals surface area contributed by atoms with Gasteiger partial charge in [0.2, 0.25) is 5.69 Å². The van der Waals surface area contributed by atoms with Crippen molar-refractivity contribution in [2.24, 2.45) is 0 Å². The number of hydrogen-bond donors (Lipinski definition) is 0. The maximum atomic E-state index is 12.5. The number of para-hydroxylation sites is 6. The normalized spacial score (nSPS) is 12.2. The summed E-state index contributed by atoms with van der Waals surface area (Å²) < 4.78 is 14.2. The Kier molecular flexibility index (Phi) is 8.36. The zero-order chi connectivity index (χ0) is 49.9. The first kappa shape index (κ1) is 41.5. The summed E-state index contributed by atoms with van der Waals surface area (Å²) in [5.74, 6) is 0. The van der Waals surface area contributed by atoms with Crippen LogP contribution in [0.2, 0.25) is 0 Å². The van der Waals surface area contributed by atoms with Crippen LogP contribution in [0.15, 0.2) is 218 Å². The van der Waals surface area contributed by atoms with Crippen molar-refractivity contribution in [3.8, 4) is 28.8 Å². The Labute approximate surface area is 441 Å². The molecule has 0 aliphatic carbocycles. The summed E-state index contributed by atoms with van der Waals surface area (Å²) in [6, 6.07) is 81.0. The minimum atomic E-state index is 0.270. The van der Waals surface area contributed by atoms with Crippen LogP contribution in [0.4, 0.5) is 5.69 Å². The molecule has 0 radical (unpaired) electrons. The maximum absolute atomic E-state index is 12.5. The van der Waals surface area contributed by atoms with Crippen LogP contribution in [0.3, 0.4) is 0 Å². The first-order valence-corrected chi connectivity index (χ1v) is 27.0. The lowest BCUT2D eigenvalue weighted by Gasteiger charge is -2.28. The monoisotopic (exact) mass is 1000 g/mol. The predicted octanol–water partition coefficient (Wildman–Crippen LogP) is 19.2. The quantitative estimate of drug-likeness (QED) is 0.162. The Morgan fingerprint density at radius 1 is 0.316 bits per heavy atom. The Balaban J connectivity index is 1.24. The van der Waals surface area contributed by atoms with Crippen LogP contribution in [0.25, 0.3) is 155 Å². The lowest BCUT2D eigenvalue weighted by Crippen LogP contribution is -2.15. The molecule has 6 heterocycles. The smallest absolute Gasteiger partial charge is 0.232 e. The topological polar surface area (TPSA) is 47.9 Å². The van der Waals surface area contributed by atoms with E-state index in [1.165, 1.54) is 9.40 Å². The van der Waals surface area contributed by atoms with Gasteiger partial charge in [0.1, 0.15) is 0 Å². The van der Waals surface area contributed by atoms with Gasteiger partial charge in [-0.3, -0.25) is 0 Å². The lowest BCUT2D eigenvalue weighted by atomic mass is 10.0. The van der Waals surface area contributed by atoms with E-state index in [-0.39, 0.29) is 5.69 Å². The SMILES string of the molecule is [C-]#[N+]c1c(C#N)c(-n2c3ccccc3c3ccc4sc5ccccc5c4c32)c(-n2c3ccccc3c3ccccc32)c(-n2c3ccccc3c3ccccc32)c1-n1c2ccccc2c2ccc3sc4ccccc4c3c21. The van der Waals surface area contributed by atoms with Crippen LogP contribution in [0.5, 0.6) is 0 Å². The number of fused-ring (bicyclic) bond motifs is 20. The zero-order valence-corrected chi connectivity index (χ0v) is 41.9. The van der Waals surface area contributed by atoms with Crippen molar-refractivity contribution in [1.82, 2.24) is 18.3 Å². The molecule has 0 unspecified atom stereocenters. The second-order valence-corrected chi connectivity index (χ2v) is 21.8. The minimum absolute atomic E-state index is 0.270. The second-order valence-electron chi connectivity index (χ2n) is 19.7. The number of aromatic nitrogens is 4. The molecule has 0 atom stereocenters. The summed E-state index contributed by atoms with van der Waals surface area (Å²) in [4.78, 5) is 4.73. The fourth-order valence-corrected chi connectivity index (χ4v) is 15.3. The standard InChI is InChI=1S/C68H36N6S2/c1-70-62-49(38-69)65(73-54-30-14-6-22-43(54)45-34-36-58-60(63(45)73)47-24-8-16-32-56(47)75-58)67(71-50-26-10-2-18-39(50)40-19-3-11-27-51(40)71)68(72-52-28-12-4-20-41(52)42-21-5-13-29-53(42)72)66(62)74-55-31-15-7-23-44(55)46-35-37-59-61(64(46)74)48-25-9-17-33-57(48)76-59/h2-37H. The van der Waals surface area contributed by atoms with E-state index in [0.717, 1.165) is 130 Å². The molecule has 8 heteroatoms. The molecule has 17 rings (SSSR count). The average Bonchev–Trinajstić information content (AvgIpc) is 4.28. The molecule has 0 N–H and O–H groups in total. The van der Waals surface area contributed by atoms with E-state index in [2.05, 4.69) is 243 Å². The molecule has 0 saturated heterocycles. The Bertz CT molecular complexity index is 5070. The van der Waals surface area contributed by atoms with Gasteiger partial charge in [-0.05, 0) is 60.7 Å². The molecule has 6 aromatic heterocycles. The van der Waals surface area contributed by atoms with Crippen LogP contribution in [-0.4, -0.2) is 18.3 Å². The van der Waals surface area contributed by atoms with Gasteiger partial charge < -0.3 is 18.3 Å². The summed E-state index contributed by atoms with van der Waals surface area (Å²) in [6.07, 6.45) is 0. The molecule has 76 heavy (non-hydrogen) atoms. The van der Waals surface area contributed by atoms with E-state index in [9.17, 15) is 11.8 Å². The minimum Gasteiger partial charge on any atom is -0.316 e. The Morgan fingerprint density at radius 2 is 0.632 bits per heavy atom. The first-order chi connectivity index (χ1) is 37.7. The predicted molar refractivity (Wildman–Crippen MR) is 321 cm³/mol. The maximum Gasteiger partial charge on any atom is 0.232 e. The highest BCUT2D eigenvalue weighted by atomic mass is 32.1. The van der Waals surface area contributed by atoms with Gasteiger partial charge in [-0.15, -0.1) is 22.7 Å². The van der Waals surface area contributed by atoms with Gasteiger partial charge >= 0.3 is 0 Å². The van der Waals surface area contributed by atoms with Crippen molar-refractivity contribution < 1.29 is 0 Å². The van der Waals surface area contributed by atoms with Crippen LogP contribution in [0.1, 0.15) is 5.56 Å². The van der Waals surface area contributed by atoms with Crippen LogP contribution < -0.4 is 0 Å². The first-order valence-electron chi connectivity index (χ1n) is 25.4. The van der Waals surface area contributed by atoms with E-state index in [1.54, 1.807) is 22.7 Å². The van der Waals surface area contributed by atoms with Crippen molar-refractivity contribution in [1.29, 1.82) is 5.26 Å². The molecule has 11 aromatic carbocycles. The highest BCUT2D eigenvalue weighted by Crippen LogP contribution is 2.54. The van der Waals surface area contributed by atoms with E-state index < -0.39 is 0 Å². The Hall–Kier alpha value is -9.96. The molecule has 6 nitrogen and oxygen atoms in total. The van der Waals surface area contributed by atoms with Crippen molar-refractivity contribution in [2.75, 3.05) is 0 Å². The number of rotatable bonds is 4. The van der Waals surface area contributed by atoms with Gasteiger partial charge in [0.15, 0.2) is 0 Å². The van der Waals surface area contributed by atoms with E-state index in [4.69, 9.17) is 4.85 Å². The summed E-state index contributed by atoms with van der Waals surface area (Å²) >= 11 is 3.57. The number of hydrogen-bond acceptors (Lipinski definition) is 3. The van der Waals surface area contributed by atoms with E-state index in [1.807, 2.05) is 0 Å². The molecule has 0 aliphatic rings. The molecular weight excluding hydrogens is 965 g/mol. The molecule has 0 amide bonds. The van der Waals surface area contributed by atoms with E-state index >= 15 is 0 Å². The molecule has 0 spiro atoms. The van der Waals surface area contributed by atoms with Gasteiger partial charge in [-0.25, -0.2) is 4.85 Å². The summed E-state index contributed by atoms with van der Waals surface area (Å²) in [5, 5.41) is 25.7. The summed E-state index contributed by atoms with van der Waals surface area (Å²) in [5.41, 5.74) is 11.2. The molecule has 0 fully saturated rings. The molecular formula is C68H36N6S2. The zero-order valence-electron chi connectivity index (χ0n) is 40.3. The fraction of sp³-hybridized carbons (Fsp3) is 0. The number of benzene rings is 11. The third kappa shape index (κ3) is 5.26. The molecule has 17 aromatic rings. The number of nitrogens with zero attached hydrogens (tertiary/aromatic N) is 6. The van der Waals surface area contributed by atoms with Crippen molar-refractivity contribution in [3.05, 3.63) is 235 Å². The van der Waals surface area contributed by atoms with E-state index in [0.29, 0.717) is 16.9 Å². The number of nitriles is 1. The molecule has 350 valence electrons. The van der Waals surface area contributed by atoms with Gasteiger partial charge in [0.05, 0.1) is 85.1 Å². The number of thiophene rings is 2. The highest BCUT2D eigenvalue weighted by Gasteiger charge is 2.35. The van der Waals surface area contributed by atoms with Gasteiger partial charge in [0, 0.05) is 83.4 Å². The van der Waals surface area contributed by atoms with Gasteiger partial charge in [-0.2, -0.15) is 5.26 Å². The third-order valence-corrected chi connectivity index (χ3v) is 18.3. The third-order valence-electron chi connectivity index (χ3n) is 16.0. The molecule has 0 saturated carbocycles. The second kappa shape index (κ2) is 15.3. The Morgan fingerprint density at radius 3 is 1.01 bits per heavy atom. The molecule has 0 aliphatic heterocycles. The van der Waals surface area contributed by atoms with Crippen LogP contribution >= 0.6 is 22.7 Å². The van der Waals surface area contributed by atoms with Gasteiger partial charge in [-0.1, -0.05) is 158 Å². The largest absolute Gasteiger partial charge is 0.316 e. The highest BCUT2D eigenvalue weighted by molar-refractivity contribution is 7.26.